The Kier molecular flexibility index (Phi) is 4.86. The van der Waals surface area contributed by atoms with Crippen LogP contribution in [0.15, 0.2) is 65.4 Å². The van der Waals surface area contributed by atoms with Crippen LogP contribution in [0.5, 0.6) is 0 Å². The third-order valence-corrected chi connectivity index (χ3v) is 5.25. The van der Waals surface area contributed by atoms with Crippen LogP contribution in [-0.4, -0.2) is 20.5 Å². The van der Waals surface area contributed by atoms with Gasteiger partial charge in [0.05, 0.1) is 26.4 Å². The Bertz CT molecular complexity index is 1180. The first-order valence-electron chi connectivity index (χ1n) is 7.88. The Hall–Kier alpha value is -2.41. The number of amides is 1. The van der Waals surface area contributed by atoms with Crippen molar-refractivity contribution in [3.05, 3.63) is 81.0 Å². The van der Waals surface area contributed by atoms with E-state index in [1.165, 1.54) is 6.07 Å². The number of benzene rings is 2. The average molecular weight is 462 g/mol. The molecule has 0 radical (unpaired) electrons. The Morgan fingerprint density at radius 3 is 2.74 bits per heavy atom. The molecule has 0 aliphatic rings. The van der Waals surface area contributed by atoms with E-state index in [2.05, 4.69) is 31.3 Å². The van der Waals surface area contributed by atoms with Gasteiger partial charge in [-0.25, -0.2) is 9.50 Å². The minimum atomic E-state index is -0.271. The van der Waals surface area contributed by atoms with E-state index in [-0.39, 0.29) is 5.91 Å². The minimum absolute atomic E-state index is 0.271. The van der Waals surface area contributed by atoms with E-state index in [0.717, 1.165) is 21.4 Å². The summed E-state index contributed by atoms with van der Waals surface area (Å²) in [5, 5.41) is 7.96. The normalized spacial score (nSPS) is 10.9. The molecule has 0 saturated carbocycles. The van der Waals surface area contributed by atoms with E-state index in [4.69, 9.17) is 23.2 Å². The molecule has 0 saturated heterocycles. The van der Waals surface area contributed by atoms with Gasteiger partial charge < -0.3 is 5.32 Å². The second kappa shape index (κ2) is 7.31. The highest BCUT2D eigenvalue weighted by Gasteiger charge is 2.11. The lowest BCUT2D eigenvalue weighted by atomic mass is 10.1. The standard InChI is InChI=1S/C19H11BrCl2N4O/c20-14-10-24-26-17(6-7-23-18(14)26)11-2-1-3-13(8-11)25-19(27)12-4-5-15(21)16(22)9-12/h1-10H,(H,25,27). The van der Waals surface area contributed by atoms with Crippen molar-refractivity contribution in [2.24, 2.45) is 0 Å². The van der Waals surface area contributed by atoms with E-state index in [9.17, 15) is 4.79 Å². The van der Waals surface area contributed by atoms with Gasteiger partial charge in [0, 0.05) is 23.0 Å². The van der Waals surface area contributed by atoms with Crippen molar-refractivity contribution >= 4 is 56.4 Å². The number of hydrogen-bond donors (Lipinski definition) is 1. The molecule has 2 aromatic carbocycles. The topological polar surface area (TPSA) is 59.3 Å². The maximum absolute atomic E-state index is 12.5. The van der Waals surface area contributed by atoms with Crippen LogP contribution in [-0.2, 0) is 0 Å². The molecule has 1 amide bonds. The predicted octanol–water partition coefficient (Wildman–Crippen LogP) is 5.72. The van der Waals surface area contributed by atoms with E-state index < -0.39 is 0 Å². The summed E-state index contributed by atoms with van der Waals surface area (Å²) in [5.74, 6) is -0.271. The van der Waals surface area contributed by atoms with E-state index >= 15 is 0 Å². The number of anilines is 1. The van der Waals surface area contributed by atoms with Crippen LogP contribution in [0.25, 0.3) is 16.9 Å². The van der Waals surface area contributed by atoms with Gasteiger partial charge in [-0.1, -0.05) is 35.3 Å². The molecule has 1 N–H and O–H groups in total. The predicted molar refractivity (Wildman–Crippen MR) is 111 cm³/mol. The summed E-state index contributed by atoms with van der Waals surface area (Å²) >= 11 is 15.3. The zero-order valence-electron chi connectivity index (χ0n) is 13.7. The number of carbonyl (C=O) groups excluding carboxylic acids is 1. The van der Waals surface area contributed by atoms with Crippen molar-refractivity contribution in [1.29, 1.82) is 0 Å². The van der Waals surface area contributed by atoms with Crippen molar-refractivity contribution in [3.63, 3.8) is 0 Å². The molecule has 0 bridgehead atoms. The molecule has 2 heterocycles. The van der Waals surface area contributed by atoms with Gasteiger partial charge in [-0.2, -0.15) is 5.10 Å². The molecule has 0 aliphatic heterocycles. The summed E-state index contributed by atoms with van der Waals surface area (Å²) in [4.78, 5) is 16.8. The van der Waals surface area contributed by atoms with Crippen molar-refractivity contribution in [3.8, 4) is 11.3 Å². The third-order valence-electron chi connectivity index (χ3n) is 3.96. The van der Waals surface area contributed by atoms with Crippen molar-refractivity contribution in [1.82, 2.24) is 14.6 Å². The maximum Gasteiger partial charge on any atom is 0.255 e. The molecule has 0 spiro atoms. The SMILES string of the molecule is O=C(Nc1cccc(-c2ccnc3c(Br)cnn23)c1)c1ccc(Cl)c(Cl)c1. The van der Waals surface area contributed by atoms with Gasteiger partial charge in [-0.15, -0.1) is 0 Å². The summed E-state index contributed by atoms with van der Waals surface area (Å²) in [6, 6.07) is 14.1. The lowest BCUT2D eigenvalue weighted by Crippen LogP contribution is -2.11. The first kappa shape index (κ1) is 18.0. The summed E-state index contributed by atoms with van der Waals surface area (Å²) in [6.07, 6.45) is 3.42. The van der Waals surface area contributed by atoms with Gasteiger partial charge in [0.25, 0.3) is 5.91 Å². The quantitative estimate of drug-likeness (QED) is 0.424. The maximum atomic E-state index is 12.5. The molecule has 8 heteroatoms. The molecule has 2 aromatic heterocycles. The molecule has 5 nitrogen and oxygen atoms in total. The first-order valence-corrected chi connectivity index (χ1v) is 9.43. The molecule has 0 fully saturated rings. The molecular weight excluding hydrogens is 451 g/mol. The van der Waals surface area contributed by atoms with Crippen molar-refractivity contribution in [2.75, 3.05) is 5.32 Å². The zero-order valence-corrected chi connectivity index (χ0v) is 16.8. The fourth-order valence-electron chi connectivity index (χ4n) is 2.68. The van der Waals surface area contributed by atoms with Crippen LogP contribution in [0, 0.1) is 0 Å². The van der Waals surface area contributed by atoms with Gasteiger partial charge in [-0.05, 0) is 52.3 Å². The number of fused-ring (bicyclic) bond motifs is 1. The van der Waals surface area contributed by atoms with Crippen LogP contribution in [0.4, 0.5) is 5.69 Å². The molecule has 4 rings (SSSR count). The highest BCUT2D eigenvalue weighted by Crippen LogP contribution is 2.26. The summed E-state index contributed by atoms with van der Waals surface area (Å²) in [7, 11) is 0. The summed E-state index contributed by atoms with van der Waals surface area (Å²) < 4.78 is 2.55. The number of carbonyl (C=O) groups is 1. The monoisotopic (exact) mass is 460 g/mol. The van der Waals surface area contributed by atoms with Gasteiger partial charge in [-0.3, -0.25) is 4.79 Å². The Morgan fingerprint density at radius 1 is 1.07 bits per heavy atom. The van der Waals surface area contributed by atoms with Crippen LogP contribution in [0.2, 0.25) is 10.0 Å². The van der Waals surface area contributed by atoms with Gasteiger partial charge in [0.2, 0.25) is 0 Å². The number of halogens is 3. The van der Waals surface area contributed by atoms with E-state index in [0.29, 0.717) is 21.3 Å². The average Bonchev–Trinajstić information content (AvgIpc) is 3.05. The van der Waals surface area contributed by atoms with Crippen LogP contribution in [0.3, 0.4) is 0 Å². The van der Waals surface area contributed by atoms with Crippen molar-refractivity contribution in [2.45, 2.75) is 0 Å². The van der Waals surface area contributed by atoms with E-state index in [1.807, 2.05) is 30.3 Å². The lowest BCUT2D eigenvalue weighted by Gasteiger charge is -2.09. The number of nitrogens with zero attached hydrogens (tertiary/aromatic N) is 3. The fourth-order valence-corrected chi connectivity index (χ4v) is 3.34. The van der Waals surface area contributed by atoms with E-state index in [1.54, 1.807) is 29.0 Å². The highest BCUT2D eigenvalue weighted by molar-refractivity contribution is 9.10. The molecule has 27 heavy (non-hydrogen) atoms. The Morgan fingerprint density at radius 2 is 1.93 bits per heavy atom. The number of hydrogen-bond acceptors (Lipinski definition) is 3. The lowest BCUT2D eigenvalue weighted by molar-refractivity contribution is 0.102. The highest BCUT2D eigenvalue weighted by atomic mass is 79.9. The zero-order chi connectivity index (χ0) is 19.0. The summed E-state index contributed by atoms with van der Waals surface area (Å²) in [6.45, 7) is 0. The second-order valence-corrected chi connectivity index (χ2v) is 7.39. The third kappa shape index (κ3) is 3.56. The Balaban J connectivity index is 1.66. The fraction of sp³-hybridized carbons (Fsp3) is 0. The van der Waals surface area contributed by atoms with Crippen LogP contribution >= 0.6 is 39.1 Å². The summed E-state index contributed by atoms with van der Waals surface area (Å²) in [5.41, 5.74) is 3.55. The smallest absolute Gasteiger partial charge is 0.255 e. The first-order chi connectivity index (χ1) is 13.0. The van der Waals surface area contributed by atoms with Crippen molar-refractivity contribution < 1.29 is 4.79 Å². The molecule has 0 aliphatic carbocycles. The van der Waals surface area contributed by atoms with Crippen LogP contribution < -0.4 is 5.32 Å². The number of rotatable bonds is 3. The van der Waals surface area contributed by atoms with Gasteiger partial charge in [0.15, 0.2) is 5.65 Å². The van der Waals surface area contributed by atoms with Gasteiger partial charge in [0.1, 0.15) is 0 Å². The second-order valence-electron chi connectivity index (χ2n) is 5.72. The molecule has 134 valence electrons. The minimum Gasteiger partial charge on any atom is -0.322 e. The Labute approximate surface area is 173 Å². The van der Waals surface area contributed by atoms with Gasteiger partial charge >= 0.3 is 0 Å². The molecule has 0 unspecified atom stereocenters. The molecular formula is C19H11BrCl2N4O. The molecule has 0 atom stereocenters. The van der Waals surface area contributed by atoms with Crippen LogP contribution in [0.1, 0.15) is 10.4 Å². The number of aromatic nitrogens is 3. The molecule has 4 aromatic rings. The number of nitrogens with one attached hydrogen (secondary N) is 1. The largest absolute Gasteiger partial charge is 0.322 e.